The monoisotopic (exact) mass is 264 g/mol. The first-order valence-electron chi connectivity index (χ1n) is 7.13. The van der Waals surface area contributed by atoms with Crippen LogP contribution in [0.3, 0.4) is 0 Å². The van der Waals surface area contributed by atoms with Crippen LogP contribution in [0.15, 0.2) is 17.1 Å². The van der Waals surface area contributed by atoms with Gasteiger partial charge in [0.15, 0.2) is 0 Å². The van der Waals surface area contributed by atoms with Gasteiger partial charge in [0.05, 0.1) is 0 Å². The van der Waals surface area contributed by atoms with Gasteiger partial charge in [0.1, 0.15) is 5.56 Å². The lowest BCUT2D eigenvalue weighted by Gasteiger charge is -2.10. The maximum absolute atomic E-state index is 12.1. The zero-order valence-corrected chi connectivity index (χ0v) is 11.9. The lowest BCUT2D eigenvalue weighted by atomic mass is 10.1. The standard InChI is InChI=1S/C15H24N2O2/c1-3-5-7-8-12-10-13(14(16)18)15(19)17(11-12)9-6-4-2/h10-11H,3-9H2,1-2H3,(H2,16,18). The quantitative estimate of drug-likeness (QED) is 0.733. The predicted octanol–water partition coefficient (Wildman–Crippen LogP) is 2.48. The number of carbonyl (C=O) groups excluding carboxylic acids is 1. The second kappa shape index (κ2) is 7.77. The van der Waals surface area contributed by atoms with E-state index in [1.165, 1.54) is 0 Å². The maximum atomic E-state index is 12.1. The summed E-state index contributed by atoms with van der Waals surface area (Å²) in [4.78, 5) is 23.4. The number of carbonyl (C=O) groups is 1. The Morgan fingerprint density at radius 2 is 1.89 bits per heavy atom. The van der Waals surface area contributed by atoms with Crippen LogP contribution in [0, 0.1) is 0 Å². The van der Waals surface area contributed by atoms with E-state index in [-0.39, 0.29) is 11.1 Å². The largest absolute Gasteiger partial charge is 0.365 e. The molecule has 0 fully saturated rings. The molecule has 4 nitrogen and oxygen atoms in total. The highest BCUT2D eigenvalue weighted by molar-refractivity contribution is 5.92. The molecule has 0 saturated carbocycles. The van der Waals surface area contributed by atoms with Crippen molar-refractivity contribution in [3.05, 3.63) is 33.7 Å². The molecule has 0 unspecified atom stereocenters. The zero-order chi connectivity index (χ0) is 14.3. The second-order valence-electron chi connectivity index (χ2n) is 4.94. The smallest absolute Gasteiger partial charge is 0.263 e. The molecule has 0 spiro atoms. The van der Waals surface area contributed by atoms with E-state index in [2.05, 4.69) is 13.8 Å². The van der Waals surface area contributed by atoms with Gasteiger partial charge in [-0.3, -0.25) is 9.59 Å². The molecule has 1 aromatic rings. The summed E-state index contributed by atoms with van der Waals surface area (Å²) in [7, 11) is 0. The van der Waals surface area contributed by atoms with Crippen LogP contribution in [0.2, 0.25) is 0 Å². The molecule has 0 aromatic carbocycles. The summed E-state index contributed by atoms with van der Waals surface area (Å²) < 4.78 is 1.63. The van der Waals surface area contributed by atoms with Gasteiger partial charge in [-0.2, -0.15) is 0 Å². The van der Waals surface area contributed by atoms with Gasteiger partial charge in [-0.1, -0.05) is 33.1 Å². The molecule has 0 aliphatic heterocycles. The predicted molar refractivity (Wildman–Crippen MR) is 77.4 cm³/mol. The van der Waals surface area contributed by atoms with Crippen LogP contribution in [0.1, 0.15) is 61.9 Å². The molecule has 1 rings (SSSR count). The molecule has 19 heavy (non-hydrogen) atoms. The Morgan fingerprint density at radius 1 is 1.21 bits per heavy atom. The average Bonchev–Trinajstić information content (AvgIpc) is 2.38. The van der Waals surface area contributed by atoms with Crippen LogP contribution in [-0.2, 0) is 13.0 Å². The number of pyridine rings is 1. The third kappa shape index (κ3) is 4.54. The van der Waals surface area contributed by atoms with E-state index in [1.807, 2.05) is 6.20 Å². The van der Waals surface area contributed by atoms with E-state index in [0.717, 1.165) is 44.1 Å². The molecule has 0 aliphatic carbocycles. The molecular formula is C15H24N2O2. The number of nitrogens with zero attached hydrogens (tertiary/aromatic N) is 1. The lowest BCUT2D eigenvalue weighted by Crippen LogP contribution is -2.30. The van der Waals surface area contributed by atoms with Crippen molar-refractivity contribution in [1.82, 2.24) is 4.57 Å². The number of aromatic nitrogens is 1. The lowest BCUT2D eigenvalue weighted by molar-refractivity contribution is 0.0998. The Morgan fingerprint density at radius 3 is 2.47 bits per heavy atom. The Balaban J connectivity index is 3.01. The highest BCUT2D eigenvalue weighted by Gasteiger charge is 2.11. The minimum Gasteiger partial charge on any atom is -0.365 e. The summed E-state index contributed by atoms with van der Waals surface area (Å²) in [6.07, 6.45) is 8.08. The number of unbranched alkanes of at least 4 members (excludes halogenated alkanes) is 3. The van der Waals surface area contributed by atoms with E-state index in [0.29, 0.717) is 6.54 Å². The van der Waals surface area contributed by atoms with Crippen LogP contribution in [0.5, 0.6) is 0 Å². The summed E-state index contributed by atoms with van der Waals surface area (Å²) in [5.41, 5.74) is 6.16. The van der Waals surface area contributed by atoms with E-state index in [1.54, 1.807) is 10.6 Å². The first-order valence-corrected chi connectivity index (χ1v) is 7.13. The molecule has 2 N–H and O–H groups in total. The summed E-state index contributed by atoms with van der Waals surface area (Å²) >= 11 is 0. The average molecular weight is 264 g/mol. The van der Waals surface area contributed by atoms with Crippen molar-refractivity contribution in [2.24, 2.45) is 5.73 Å². The van der Waals surface area contributed by atoms with Gasteiger partial charge < -0.3 is 10.3 Å². The maximum Gasteiger partial charge on any atom is 0.263 e. The molecule has 0 saturated heterocycles. The molecule has 1 amide bonds. The van der Waals surface area contributed by atoms with Crippen molar-refractivity contribution in [1.29, 1.82) is 0 Å². The first-order chi connectivity index (χ1) is 9.10. The molecule has 0 bridgehead atoms. The van der Waals surface area contributed by atoms with E-state index in [4.69, 9.17) is 5.73 Å². The van der Waals surface area contributed by atoms with Crippen molar-refractivity contribution in [3.63, 3.8) is 0 Å². The SMILES string of the molecule is CCCCCc1cc(C(N)=O)c(=O)n(CCCC)c1. The molecule has 0 aliphatic rings. The Hall–Kier alpha value is -1.58. The first kappa shape index (κ1) is 15.5. The third-order valence-corrected chi connectivity index (χ3v) is 3.23. The van der Waals surface area contributed by atoms with Gasteiger partial charge in [-0.15, -0.1) is 0 Å². The number of aryl methyl sites for hydroxylation is 2. The molecule has 0 atom stereocenters. The van der Waals surface area contributed by atoms with Gasteiger partial charge in [-0.25, -0.2) is 0 Å². The molecule has 1 heterocycles. The fourth-order valence-electron chi connectivity index (χ4n) is 2.08. The van der Waals surface area contributed by atoms with Crippen molar-refractivity contribution in [2.75, 3.05) is 0 Å². The number of hydrogen-bond donors (Lipinski definition) is 1. The highest BCUT2D eigenvalue weighted by Crippen LogP contribution is 2.08. The summed E-state index contributed by atoms with van der Waals surface area (Å²) in [5.74, 6) is -0.632. The Bertz CT molecular complexity index is 478. The fraction of sp³-hybridized carbons (Fsp3) is 0.600. The van der Waals surface area contributed by atoms with Crippen LogP contribution >= 0.6 is 0 Å². The molecule has 106 valence electrons. The number of hydrogen-bond acceptors (Lipinski definition) is 2. The molecular weight excluding hydrogens is 240 g/mol. The number of amides is 1. The minimum atomic E-state index is -0.632. The van der Waals surface area contributed by atoms with Crippen LogP contribution in [0.25, 0.3) is 0 Å². The highest BCUT2D eigenvalue weighted by atomic mass is 16.2. The normalized spacial score (nSPS) is 10.6. The number of rotatable bonds is 8. The molecule has 0 radical (unpaired) electrons. The molecule has 1 aromatic heterocycles. The third-order valence-electron chi connectivity index (χ3n) is 3.23. The van der Waals surface area contributed by atoms with Crippen molar-refractivity contribution < 1.29 is 4.79 Å². The van der Waals surface area contributed by atoms with Crippen molar-refractivity contribution >= 4 is 5.91 Å². The van der Waals surface area contributed by atoms with Gasteiger partial charge in [0, 0.05) is 12.7 Å². The number of primary amides is 1. The van der Waals surface area contributed by atoms with Crippen LogP contribution in [0.4, 0.5) is 0 Å². The van der Waals surface area contributed by atoms with E-state index < -0.39 is 5.91 Å². The van der Waals surface area contributed by atoms with E-state index in [9.17, 15) is 9.59 Å². The second-order valence-corrected chi connectivity index (χ2v) is 4.94. The van der Waals surface area contributed by atoms with Crippen LogP contribution in [-0.4, -0.2) is 10.5 Å². The van der Waals surface area contributed by atoms with Gasteiger partial charge in [0.25, 0.3) is 11.5 Å². The van der Waals surface area contributed by atoms with Crippen molar-refractivity contribution in [3.8, 4) is 0 Å². The minimum absolute atomic E-state index is 0.116. The van der Waals surface area contributed by atoms with Gasteiger partial charge >= 0.3 is 0 Å². The van der Waals surface area contributed by atoms with Crippen molar-refractivity contribution in [2.45, 2.75) is 58.9 Å². The summed E-state index contributed by atoms with van der Waals surface area (Å²) in [6.45, 7) is 4.87. The Kier molecular flexibility index (Phi) is 6.33. The summed E-state index contributed by atoms with van der Waals surface area (Å²) in [6, 6.07) is 1.66. The van der Waals surface area contributed by atoms with Gasteiger partial charge in [-0.05, 0) is 30.9 Å². The Labute approximate surface area is 114 Å². The zero-order valence-electron chi connectivity index (χ0n) is 11.9. The van der Waals surface area contributed by atoms with Crippen LogP contribution < -0.4 is 11.3 Å². The number of nitrogens with two attached hydrogens (primary N) is 1. The van der Waals surface area contributed by atoms with E-state index >= 15 is 0 Å². The molecule has 4 heteroatoms. The fourth-order valence-corrected chi connectivity index (χ4v) is 2.08. The topological polar surface area (TPSA) is 65.1 Å². The van der Waals surface area contributed by atoms with Gasteiger partial charge in [0.2, 0.25) is 0 Å². The summed E-state index contributed by atoms with van der Waals surface area (Å²) in [5, 5.41) is 0.